The Hall–Kier alpha value is -5.74. The second-order valence-corrected chi connectivity index (χ2v) is 18.3. The fraction of sp³-hybridized carbons (Fsp3) is 0.700. The number of carbonyl (C=O) groups is 12. The SMILES string of the molecule is CC(C)C[C@H](NC(=O)[C@H](C)NC(=O)[C@@H](N)CS)C(=O)N[C@@H](CC(=O)O)C(=O)N[C@@H](CC(=O)O)C(=O)NCC(=O)N[C@@H](CCCCN)C(=O)N1C(=O)N[C@@H]2[C@H](CCCCC(=O)NCC(=O)O)SC[C@@H]21. The molecule has 0 aliphatic carbocycles. The minimum absolute atomic E-state index is 0.0165. The van der Waals surface area contributed by atoms with Gasteiger partial charge < -0.3 is 69.3 Å². The van der Waals surface area contributed by atoms with Crippen molar-refractivity contribution in [3.05, 3.63) is 0 Å². The number of hydrogen-bond donors (Lipinski definition) is 14. The average molecular weight is 1000 g/mol. The number of unbranched alkanes of at least 4 members (excludes halogenated alkanes) is 2. The van der Waals surface area contributed by atoms with Gasteiger partial charge in [0.2, 0.25) is 41.4 Å². The fourth-order valence-corrected chi connectivity index (χ4v) is 8.88. The fourth-order valence-electron chi connectivity index (χ4n) is 7.12. The molecule has 0 radical (unpaired) electrons. The summed E-state index contributed by atoms with van der Waals surface area (Å²) in [4.78, 5) is 153. The van der Waals surface area contributed by atoms with Crippen LogP contribution in [0.2, 0.25) is 0 Å². The Morgan fingerprint density at radius 3 is 1.90 bits per heavy atom. The van der Waals surface area contributed by atoms with E-state index in [1.165, 1.54) is 18.7 Å². The lowest BCUT2D eigenvalue weighted by molar-refractivity contribution is -0.143. The molecule has 2 heterocycles. The van der Waals surface area contributed by atoms with Crippen LogP contribution in [0, 0.1) is 5.92 Å². The number of carboxylic acid groups (broad SMARTS) is 3. The van der Waals surface area contributed by atoms with E-state index < -0.39 is 145 Å². The van der Waals surface area contributed by atoms with Crippen LogP contribution in [-0.4, -0.2) is 176 Å². The normalized spacial score (nSPS) is 18.8. The van der Waals surface area contributed by atoms with Crippen LogP contribution >= 0.6 is 24.4 Å². The Morgan fingerprint density at radius 1 is 0.721 bits per heavy atom. The minimum atomic E-state index is -1.92. The van der Waals surface area contributed by atoms with Crippen LogP contribution < -0.4 is 54.0 Å². The van der Waals surface area contributed by atoms with E-state index in [9.17, 15) is 67.7 Å². The zero-order valence-corrected chi connectivity index (χ0v) is 39.8. The van der Waals surface area contributed by atoms with Gasteiger partial charge in [-0.05, 0) is 57.9 Å². The molecule has 10 amide bonds. The maximum atomic E-state index is 13.9. The molecule has 0 aromatic rings. The lowest BCUT2D eigenvalue weighted by Gasteiger charge is -2.26. The first-order valence-corrected chi connectivity index (χ1v) is 23.7. The van der Waals surface area contributed by atoms with E-state index in [4.69, 9.17) is 16.6 Å². The van der Waals surface area contributed by atoms with E-state index in [0.717, 1.165) is 4.90 Å². The number of carbonyl (C=O) groups excluding carboxylic acids is 9. The summed E-state index contributed by atoms with van der Waals surface area (Å²) in [5.41, 5.74) is 11.3. The van der Waals surface area contributed by atoms with Crippen LogP contribution in [0.5, 0.6) is 0 Å². The van der Waals surface area contributed by atoms with Crippen LogP contribution in [0.3, 0.4) is 0 Å². The van der Waals surface area contributed by atoms with Gasteiger partial charge in [0.1, 0.15) is 36.8 Å². The molecule has 382 valence electrons. The van der Waals surface area contributed by atoms with Crippen molar-refractivity contribution in [2.75, 3.05) is 31.1 Å². The molecule has 68 heavy (non-hydrogen) atoms. The van der Waals surface area contributed by atoms with Crippen molar-refractivity contribution in [1.29, 1.82) is 0 Å². The maximum Gasteiger partial charge on any atom is 0.324 e. The van der Waals surface area contributed by atoms with Crippen molar-refractivity contribution in [1.82, 2.24) is 47.4 Å². The number of carboxylic acids is 3. The van der Waals surface area contributed by atoms with Gasteiger partial charge in [-0.25, -0.2) is 4.79 Å². The number of aliphatic carboxylic acids is 3. The second kappa shape index (κ2) is 29.2. The number of amides is 10. The van der Waals surface area contributed by atoms with Gasteiger partial charge in [0.05, 0.1) is 37.5 Å². The standard InChI is InChI=1S/C40H65N11O15S2/c1-19(2)12-23(47-34(60)20(3)45-35(61)21(42)17-67)37(63)49-25(14-31(56)57)38(64)48-24(13-30(54)55)36(62)44-15-29(53)46-22(8-6-7-11-41)39(65)51-26-18-68-27(33(26)50-40(51)66)9-4-5-10-28(52)43-16-32(58)59/h19-27,33,67H,4-18,41-42H2,1-3H3,(H,43,52)(H,44,62)(H,45,61)(H,46,53)(H,47,60)(H,48,64)(H,49,63)(H,50,66)(H,54,55)(H,56,57)(H,58,59)/t20-,21-,22-,23-,24-,25-,26-,27-,33-/m0/s1. The molecule has 2 fully saturated rings. The summed E-state index contributed by atoms with van der Waals surface area (Å²) in [6.45, 7) is 3.66. The van der Waals surface area contributed by atoms with Gasteiger partial charge in [-0.1, -0.05) is 20.3 Å². The number of nitrogens with zero attached hydrogens (tertiary/aromatic N) is 1. The molecule has 28 heteroatoms. The highest BCUT2D eigenvalue weighted by Gasteiger charge is 2.51. The van der Waals surface area contributed by atoms with Crippen LogP contribution in [0.1, 0.15) is 85.0 Å². The Labute approximate surface area is 401 Å². The third-order valence-corrected chi connectivity index (χ3v) is 12.5. The number of nitrogens with two attached hydrogens (primary N) is 2. The number of hydrogen-bond acceptors (Lipinski definition) is 16. The topological polar surface area (TPSA) is 417 Å². The van der Waals surface area contributed by atoms with Gasteiger partial charge in [-0.15, -0.1) is 0 Å². The molecule has 0 bridgehead atoms. The molecule has 0 spiro atoms. The lowest BCUT2D eigenvalue weighted by Crippen LogP contribution is -2.59. The van der Waals surface area contributed by atoms with Gasteiger partial charge in [-0.2, -0.15) is 24.4 Å². The molecule has 0 aromatic carbocycles. The number of thiol groups is 1. The van der Waals surface area contributed by atoms with Crippen molar-refractivity contribution >= 4 is 95.6 Å². The summed E-state index contributed by atoms with van der Waals surface area (Å²) in [6.07, 6.45) is 0.490. The maximum absolute atomic E-state index is 13.9. The van der Waals surface area contributed by atoms with E-state index in [1.54, 1.807) is 13.8 Å². The second-order valence-electron chi connectivity index (χ2n) is 16.7. The summed E-state index contributed by atoms with van der Waals surface area (Å²) in [5, 5.41) is 46.7. The Kier molecular flexibility index (Phi) is 25.1. The number of imide groups is 1. The monoisotopic (exact) mass is 1000 g/mol. The number of urea groups is 1. The largest absolute Gasteiger partial charge is 0.481 e. The van der Waals surface area contributed by atoms with Gasteiger partial charge in [0.25, 0.3) is 5.91 Å². The lowest BCUT2D eigenvalue weighted by atomic mass is 10.0. The highest BCUT2D eigenvalue weighted by Crippen LogP contribution is 2.37. The first-order chi connectivity index (χ1) is 32.0. The Morgan fingerprint density at radius 2 is 1.32 bits per heavy atom. The smallest absolute Gasteiger partial charge is 0.324 e. The van der Waals surface area contributed by atoms with E-state index in [1.807, 2.05) is 0 Å². The summed E-state index contributed by atoms with van der Waals surface area (Å²) >= 11 is 5.46. The van der Waals surface area contributed by atoms with Gasteiger partial charge in [0.15, 0.2) is 0 Å². The van der Waals surface area contributed by atoms with Crippen molar-refractivity contribution in [3.63, 3.8) is 0 Å². The molecule has 2 saturated heterocycles. The molecular formula is C40H65N11O15S2. The van der Waals surface area contributed by atoms with E-state index in [0.29, 0.717) is 37.9 Å². The number of nitrogens with one attached hydrogen (secondary N) is 8. The molecule has 15 N–H and O–H groups in total. The van der Waals surface area contributed by atoms with Gasteiger partial charge in [0, 0.05) is 23.2 Å². The van der Waals surface area contributed by atoms with Gasteiger partial charge in [-0.3, -0.25) is 57.6 Å². The molecule has 0 aromatic heterocycles. The van der Waals surface area contributed by atoms with Crippen LogP contribution in [0.25, 0.3) is 0 Å². The van der Waals surface area contributed by atoms with Crippen molar-refractivity contribution < 1.29 is 72.9 Å². The zero-order chi connectivity index (χ0) is 51.2. The number of thioether (sulfide) groups is 1. The Balaban J connectivity index is 2.13. The summed E-state index contributed by atoms with van der Waals surface area (Å²) < 4.78 is 0. The first-order valence-electron chi connectivity index (χ1n) is 22.0. The zero-order valence-electron chi connectivity index (χ0n) is 38.1. The highest BCUT2D eigenvalue weighted by molar-refractivity contribution is 8.00. The van der Waals surface area contributed by atoms with Crippen molar-refractivity contribution in [3.8, 4) is 0 Å². The predicted molar refractivity (Wildman–Crippen MR) is 245 cm³/mol. The van der Waals surface area contributed by atoms with E-state index in [-0.39, 0.29) is 42.7 Å². The third kappa shape index (κ3) is 19.8. The summed E-state index contributed by atoms with van der Waals surface area (Å²) in [5.74, 6) is -11.3. The van der Waals surface area contributed by atoms with Crippen LogP contribution in [0.15, 0.2) is 0 Å². The first kappa shape index (κ1) is 58.4. The summed E-state index contributed by atoms with van der Waals surface area (Å²) in [7, 11) is 0. The van der Waals surface area contributed by atoms with E-state index in [2.05, 4.69) is 55.2 Å². The molecule has 0 saturated carbocycles. The number of rotatable bonds is 31. The van der Waals surface area contributed by atoms with Crippen molar-refractivity contribution in [2.24, 2.45) is 17.4 Å². The van der Waals surface area contributed by atoms with Crippen LogP contribution in [0.4, 0.5) is 4.79 Å². The van der Waals surface area contributed by atoms with Crippen LogP contribution in [-0.2, 0) is 52.7 Å². The summed E-state index contributed by atoms with van der Waals surface area (Å²) in [6, 6.07) is -10.3. The Bertz CT molecular complexity index is 1860. The average Bonchev–Trinajstić information content (AvgIpc) is 3.80. The number of fused-ring (bicyclic) bond motifs is 1. The quantitative estimate of drug-likeness (QED) is 0.0179. The van der Waals surface area contributed by atoms with Crippen molar-refractivity contribution in [2.45, 2.75) is 139 Å². The van der Waals surface area contributed by atoms with E-state index >= 15 is 0 Å². The molecule has 2 aliphatic rings. The predicted octanol–water partition coefficient (Wildman–Crippen LogP) is -3.91. The van der Waals surface area contributed by atoms with Gasteiger partial charge >= 0.3 is 23.9 Å². The molecule has 2 aliphatic heterocycles. The molecule has 9 atom stereocenters. The minimum Gasteiger partial charge on any atom is -0.481 e. The molecular weight excluding hydrogens is 939 g/mol. The third-order valence-electron chi connectivity index (χ3n) is 10.6. The molecule has 2 rings (SSSR count). The highest BCUT2D eigenvalue weighted by atomic mass is 32.2. The molecule has 0 unspecified atom stereocenters. The molecule has 26 nitrogen and oxygen atoms in total.